The Hall–Kier alpha value is -2.12. The third-order valence-electron chi connectivity index (χ3n) is 4.44. The van der Waals surface area contributed by atoms with Crippen molar-refractivity contribution in [1.29, 1.82) is 0 Å². The molecule has 2 rings (SSSR count). The summed E-state index contributed by atoms with van der Waals surface area (Å²) in [5.41, 5.74) is 2.13. The first-order chi connectivity index (χ1) is 13.2. The molecule has 1 fully saturated rings. The van der Waals surface area contributed by atoms with Gasteiger partial charge >= 0.3 is 0 Å². The molecule has 27 heavy (non-hydrogen) atoms. The fourth-order valence-electron chi connectivity index (χ4n) is 2.90. The molecular formula is C20H32N4O3. The number of anilines is 1. The Kier molecular flexibility index (Phi) is 9.65. The van der Waals surface area contributed by atoms with Gasteiger partial charge in [-0.25, -0.2) is 0 Å². The van der Waals surface area contributed by atoms with Crippen LogP contribution in [0.25, 0.3) is 0 Å². The molecule has 1 aliphatic rings. The zero-order valence-electron chi connectivity index (χ0n) is 16.5. The van der Waals surface area contributed by atoms with Gasteiger partial charge in [-0.2, -0.15) is 0 Å². The summed E-state index contributed by atoms with van der Waals surface area (Å²) in [6, 6.07) is 8.16. The number of ether oxygens (including phenoxy) is 2. The van der Waals surface area contributed by atoms with E-state index in [1.807, 2.05) is 17.0 Å². The van der Waals surface area contributed by atoms with Crippen LogP contribution in [-0.4, -0.2) is 58.9 Å². The van der Waals surface area contributed by atoms with Crippen LogP contribution in [-0.2, 0) is 20.8 Å². The van der Waals surface area contributed by atoms with Crippen LogP contribution in [0.2, 0.25) is 0 Å². The number of carbonyl (C=O) groups excluding carboxylic acids is 1. The number of aliphatic imine (C=N–C) groups is 1. The van der Waals surface area contributed by atoms with Gasteiger partial charge in [-0.1, -0.05) is 12.1 Å². The van der Waals surface area contributed by atoms with Crippen molar-refractivity contribution in [1.82, 2.24) is 10.6 Å². The summed E-state index contributed by atoms with van der Waals surface area (Å²) in [4.78, 5) is 18.1. The van der Waals surface area contributed by atoms with E-state index in [1.165, 1.54) is 0 Å². The van der Waals surface area contributed by atoms with Gasteiger partial charge < -0.3 is 25.0 Å². The topological polar surface area (TPSA) is 75.2 Å². The van der Waals surface area contributed by atoms with Gasteiger partial charge in [0, 0.05) is 52.5 Å². The van der Waals surface area contributed by atoms with E-state index in [1.54, 1.807) is 14.2 Å². The lowest BCUT2D eigenvalue weighted by atomic mass is 10.1. The summed E-state index contributed by atoms with van der Waals surface area (Å²) in [7, 11) is 3.43. The predicted octanol–water partition coefficient (Wildman–Crippen LogP) is 1.92. The fraction of sp³-hybridized carbons (Fsp3) is 0.600. The van der Waals surface area contributed by atoms with Crippen LogP contribution in [0.4, 0.5) is 5.69 Å². The fourth-order valence-corrected chi connectivity index (χ4v) is 2.90. The summed E-state index contributed by atoms with van der Waals surface area (Å²) in [6.07, 6.45) is 3.64. The number of piperidine rings is 1. The molecular weight excluding hydrogens is 344 g/mol. The van der Waals surface area contributed by atoms with E-state index < -0.39 is 0 Å². The van der Waals surface area contributed by atoms with Crippen molar-refractivity contribution in [2.75, 3.05) is 52.0 Å². The van der Waals surface area contributed by atoms with E-state index in [9.17, 15) is 4.79 Å². The van der Waals surface area contributed by atoms with Crippen molar-refractivity contribution in [3.05, 3.63) is 29.8 Å². The van der Waals surface area contributed by atoms with Gasteiger partial charge in [0.05, 0.1) is 13.2 Å². The SMILES string of the molecule is CN=C(NCCCOCCOC)NCc1ccc(N2CCCCC2=O)cc1. The summed E-state index contributed by atoms with van der Waals surface area (Å²) < 4.78 is 10.4. The average molecular weight is 377 g/mol. The first kappa shape index (κ1) is 21.2. The van der Waals surface area contributed by atoms with Crippen molar-refractivity contribution >= 4 is 17.6 Å². The third-order valence-corrected chi connectivity index (χ3v) is 4.44. The molecule has 0 spiro atoms. The summed E-state index contributed by atoms with van der Waals surface area (Å²) >= 11 is 0. The molecule has 1 aliphatic heterocycles. The number of hydrogen-bond donors (Lipinski definition) is 2. The number of guanidine groups is 1. The van der Waals surface area contributed by atoms with Crippen molar-refractivity contribution < 1.29 is 14.3 Å². The number of amides is 1. The molecule has 0 aliphatic carbocycles. The highest BCUT2D eigenvalue weighted by Gasteiger charge is 2.19. The molecule has 1 heterocycles. The normalized spacial score (nSPS) is 15.1. The van der Waals surface area contributed by atoms with E-state index in [0.29, 0.717) is 32.8 Å². The molecule has 7 heteroatoms. The van der Waals surface area contributed by atoms with E-state index in [4.69, 9.17) is 9.47 Å². The maximum atomic E-state index is 12.0. The Morgan fingerprint density at radius 1 is 1.15 bits per heavy atom. The van der Waals surface area contributed by atoms with E-state index in [2.05, 4.69) is 27.8 Å². The molecule has 2 N–H and O–H groups in total. The van der Waals surface area contributed by atoms with Crippen LogP contribution in [0.5, 0.6) is 0 Å². The molecule has 0 atom stereocenters. The highest BCUT2D eigenvalue weighted by atomic mass is 16.5. The summed E-state index contributed by atoms with van der Waals surface area (Å²) in [6.45, 7) is 4.25. The zero-order valence-corrected chi connectivity index (χ0v) is 16.5. The van der Waals surface area contributed by atoms with Gasteiger partial charge in [0.15, 0.2) is 5.96 Å². The Labute approximate surface area is 162 Å². The minimum absolute atomic E-state index is 0.225. The molecule has 7 nitrogen and oxygen atoms in total. The molecule has 1 saturated heterocycles. The minimum Gasteiger partial charge on any atom is -0.382 e. The highest BCUT2D eigenvalue weighted by molar-refractivity contribution is 5.93. The number of carbonyl (C=O) groups is 1. The van der Waals surface area contributed by atoms with Crippen molar-refractivity contribution in [2.24, 2.45) is 4.99 Å². The zero-order chi connectivity index (χ0) is 19.3. The van der Waals surface area contributed by atoms with Crippen molar-refractivity contribution in [2.45, 2.75) is 32.2 Å². The lowest BCUT2D eigenvalue weighted by Gasteiger charge is -2.26. The van der Waals surface area contributed by atoms with Gasteiger partial charge in [0.2, 0.25) is 5.91 Å². The smallest absolute Gasteiger partial charge is 0.226 e. The van der Waals surface area contributed by atoms with E-state index >= 15 is 0 Å². The van der Waals surface area contributed by atoms with Gasteiger partial charge in [-0.3, -0.25) is 9.79 Å². The molecule has 0 unspecified atom stereocenters. The average Bonchev–Trinajstić information content (AvgIpc) is 2.70. The molecule has 0 aromatic heterocycles. The maximum absolute atomic E-state index is 12.0. The van der Waals surface area contributed by atoms with E-state index in [-0.39, 0.29) is 5.91 Å². The monoisotopic (exact) mass is 376 g/mol. The van der Waals surface area contributed by atoms with Gasteiger partial charge in [0.1, 0.15) is 0 Å². The predicted molar refractivity (Wildman–Crippen MR) is 108 cm³/mol. The third kappa shape index (κ3) is 7.56. The van der Waals surface area contributed by atoms with Gasteiger partial charge in [-0.15, -0.1) is 0 Å². The van der Waals surface area contributed by atoms with Crippen LogP contribution < -0.4 is 15.5 Å². The van der Waals surface area contributed by atoms with Crippen LogP contribution in [0.15, 0.2) is 29.3 Å². The Balaban J connectivity index is 1.69. The molecule has 1 amide bonds. The molecule has 0 bridgehead atoms. The van der Waals surface area contributed by atoms with Crippen LogP contribution in [0.1, 0.15) is 31.2 Å². The van der Waals surface area contributed by atoms with Crippen molar-refractivity contribution in [3.8, 4) is 0 Å². The van der Waals surface area contributed by atoms with Crippen LogP contribution in [0, 0.1) is 0 Å². The largest absolute Gasteiger partial charge is 0.382 e. The number of rotatable bonds is 10. The second-order valence-electron chi connectivity index (χ2n) is 6.48. The van der Waals surface area contributed by atoms with Gasteiger partial charge in [0.25, 0.3) is 0 Å². The lowest BCUT2D eigenvalue weighted by Crippen LogP contribution is -2.37. The quantitative estimate of drug-likeness (QED) is 0.371. The first-order valence-electron chi connectivity index (χ1n) is 9.65. The number of benzene rings is 1. The lowest BCUT2D eigenvalue weighted by molar-refractivity contribution is -0.119. The Morgan fingerprint density at radius 2 is 1.96 bits per heavy atom. The second kappa shape index (κ2) is 12.3. The second-order valence-corrected chi connectivity index (χ2v) is 6.48. The van der Waals surface area contributed by atoms with Crippen molar-refractivity contribution in [3.63, 3.8) is 0 Å². The Morgan fingerprint density at radius 3 is 2.67 bits per heavy atom. The standard InChI is InChI=1S/C20H32N4O3/c1-21-20(22-11-5-13-27-15-14-26-2)23-16-17-7-9-18(10-8-17)24-12-4-3-6-19(24)25/h7-10H,3-6,11-16H2,1-2H3,(H2,21,22,23). The number of nitrogens with one attached hydrogen (secondary N) is 2. The summed E-state index contributed by atoms with van der Waals surface area (Å²) in [5, 5.41) is 6.58. The number of hydrogen-bond acceptors (Lipinski definition) is 4. The number of methoxy groups -OCH3 is 1. The molecule has 0 radical (unpaired) electrons. The minimum atomic E-state index is 0.225. The Bertz CT molecular complexity index is 589. The molecule has 1 aromatic rings. The molecule has 1 aromatic carbocycles. The number of nitrogens with zero attached hydrogens (tertiary/aromatic N) is 2. The maximum Gasteiger partial charge on any atom is 0.226 e. The van der Waals surface area contributed by atoms with Gasteiger partial charge in [-0.05, 0) is 37.0 Å². The highest BCUT2D eigenvalue weighted by Crippen LogP contribution is 2.21. The van der Waals surface area contributed by atoms with E-state index in [0.717, 1.165) is 49.6 Å². The first-order valence-corrected chi connectivity index (χ1v) is 9.65. The van der Waals surface area contributed by atoms with Crippen LogP contribution in [0.3, 0.4) is 0 Å². The molecule has 150 valence electrons. The van der Waals surface area contributed by atoms with Crippen LogP contribution >= 0.6 is 0 Å². The molecule has 0 saturated carbocycles. The summed E-state index contributed by atoms with van der Waals surface area (Å²) in [5.74, 6) is 0.991.